The summed E-state index contributed by atoms with van der Waals surface area (Å²) in [5.41, 5.74) is 12.6. The van der Waals surface area contributed by atoms with Gasteiger partial charge in [0.25, 0.3) is 30.4 Å². The average molecular weight is 827 g/mol. The number of hydrogen-bond acceptors (Lipinski definition) is 15. The number of nitrogens with two attached hydrogens (primary N) is 2. The molecule has 288 valence electrons. The minimum Gasteiger partial charge on any atom is -0.505 e. The molecule has 0 saturated heterocycles. The SMILES string of the molecule is Nc1ccc(N=Nc2ccc(N=Nc3ccc(N=Nc4c(S(=O)(=O)O)cc5ccc(N)cc5c4O)c4ccc(S(=O)(=O)O)cc34)c3ccc(S(=O)(=O)O)cc23)cc1. The Morgan fingerprint density at radius 3 is 1.37 bits per heavy atom. The number of benzene rings is 7. The van der Waals surface area contributed by atoms with Crippen molar-refractivity contribution in [1.29, 1.82) is 0 Å². The second kappa shape index (κ2) is 14.4. The first-order chi connectivity index (χ1) is 26.9. The third-order valence-electron chi connectivity index (χ3n) is 8.52. The summed E-state index contributed by atoms with van der Waals surface area (Å²) < 4.78 is 103. The van der Waals surface area contributed by atoms with Gasteiger partial charge in [-0.2, -0.15) is 30.4 Å². The minimum absolute atomic E-state index is 0.0122. The second-order valence-corrected chi connectivity index (χ2v) is 16.5. The Kier molecular flexibility index (Phi) is 9.73. The predicted octanol–water partition coefficient (Wildman–Crippen LogP) is 9.00. The van der Waals surface area contributed by atoms with E-state index < -0.39 is 56.5 Å². The highest BCUT2D eigenvalue weighted by molar-refractivity contribution is 7.86. The molecule has 0 aliphatic heterocycles. The van der Waals surface area contributed by atoms with Crippen molar-refractivity contribution in [2.75, 3.05) is 11.5 Å². The van der Waals surface area contributed by atoms with Crippen molar-refractivity contribution in [1.82, 2.24) is 0 Å². The van der Waals surface area contributed by atoms with Crippen LogP contribution >= 0.6 is 0 Å². The molecule has 0 heterocycles. The fraction of sp³-hybridized carbons (Fsp3) is 0. The lowest BCUT2D eigenvalue weighted by atomic mass is 10.1. The molecule has 7 aromatic carbocycles. The first kappa shape index (κ1) is 38.5. The zero-order valence-electron chi connectivity index (χ0n) is 28.7. The van der Waals surface area contributed by atoms with Gasteiger partial charge in [0.2, 0.25) is 0 Å². The Balaban J connectivity index is 1.35. The van der Waals surface area contributed by atoms with E-state index >= 15 is 0 Å². The van der Waals surface area contributed by atoms with Gasteiger partial charge in [-0.15, -0.1) is 25.6 Å². The smallest absolute Gasteiger partial charge is 0.296 e. The molecule has 0 bridgehead atoms. The van der Waals surface area contributed by atoms with E-state index in [0.29, 0.717) is 16.8 Å². The van der Waals surface area contributed by atoms with Crippen LogP contribution in [0.5, 0.6) is 5.75 Å². The molecule has 18 nitrogen and oxygen atoms in total. The maximum Gasteiger partial charge on any atom is 0.296 e. The summed E-state index contributed by atoms with van der Waals surface area (Å²) in [5, 5.41) is 37.4. The van der Waals surface area contributed by atoms with Crippen molar-refractivity contribution in [2.45, 2.75) is 14.7 Å². The van der Waals surface area contributed by atoms with Crippen molar-refractivity contribution in [3.05, 3.63) is 109 Å². The first-order valence-electron chi connectivity index (χ1n) is 16.1. The molecule has 0 aromatic heterocycles. The lowest BCUT2D eigenvalue weighted by Crippen LogP contribution is -1.99. The van der Waals surface area contributed by atoms with Gasteiger partial charge in [-0.3, -0.25) is 13.7 Å². The zero-order valence-corrected chi connectivity index (χ0v) is 31.1. The minimum atomic E-state index is -4.94. The molecule has 0 spiro atoms. The largest absolute Gasteiger partial charge is 0.505 e. The number of rotatable bonds is 9. The second-order valence-electron chi connectivity index (χ2n) is 12.3. The third-order valence-corrected chi connectivity index (χ3v) is 11.1. The van der Waals surface area contributed by atoms with Crippen molar-refractivity contribution < 1.29 is 44.0 Å². The number of azo groups is 3. The number of phenolic OH excluding ortho intramolecular Hbond substituents is 1. The van der Waals surface area contributed by atoms with Crippen molar-refractivity contribution >= 4 is 108 Å². The fourth-order valence-electron chi connectivity index (χ4n) is 5.78. The summed E-state index contributed by atoms with van der Waals surface area (Å²) in [6, 6.07) is 24.8. The quantitative estimate of drug-likeness (QED) is 0.0451. The lowest BCUT2D eigenvalue weighted by molar-refractivity contribution is 0.472. The molecular weight excluding hydrogens is 801 g/mol. The van der Waals surface area contributed by atoms with Crippen LogP contribution in [0.3, 0.4) is 0 Å². The van der Waals surface area contributed by atoms with E-state index in [1.54, 1.807) is 24.3 Å². The molecule has 7 aromatic rings. The molecule has 57 heavy (non-hydrogen) atoms. The normalized spacial score (nSPS) is 12.9. The lowest BCUT2D eigenvalue weighted by Gasteiger charge is -2.10. The molecule has 7 rings (SSSR count). The van der Waals surface area contributed by atoms with E-state index in [4.69, 9.17) is 11.5 Å². The number of phenols is 1. The van der Waals surface area contributed by atoms with Crippen LogP contribution in [0.15, 0.2) is 155 Å². The van der Waals surface area contributed by atoms with E-state index in [0.717, 1.165) is 24.3 Å². The molecule has 21 heteroatoms. The van der Waals surface area contributed by atoms with Crippen LogP contribution in [-0.4, -0.2) is 44.0 Å². The van der Waals surface area contributed by atoms with Gasteiger partial charge in [0.05, 0.1) is 38.2 Å². The maximum atomic E-state index is 12.3. The summed E-state index contributed by atoms with van der Waals surface area (Å²) in [6.45, 7) is 0. The Labute approximate surface area is 322 Å². The van der Waals surface area contributed by atoms with Crippen LogP contribution in [0.25, 0.3) is 32.3 Å². The summed E-state index contributed by atoms with van der Waals surface area (Å²) in [6.07, 6.45) is 0. The van der Waals surface area contributed by atoms with E-state index in [1.165, 1.54) is 60.7 Å². The van der Waals surface area contributed by atoms with Gasteiger partial charge in [0.15, 0.2) is 5.75 Å². The van der Waals surface area contributed by atoms with Gasteiger partial charge in [-0.25, -0.2) is 0 Å². The summed E-state index contributed by atoms with van der Waals surface area (Å²) >= 11 is 0. The fourth-order valence-corrected chi connectivity index (χ4v) is 7.45. The summed E-state index contributed by atoms with van der Waals surface area (Å²) in [5.74, 6) is -0.645. The Morgan fingerprint density at radius 1 is 0.421 bits per heavy atom. The number of nitrogen functional groups attached to an aromatic ring is 2. The van der Waals surface area contributed by atoms with Crippen molar-refractivity contribution in [3.63, 3.8) is 0 Å². The number of nitrogens with zero attached hydrogens (tertiary/aromatic N) is 6. The van der Waals surface area contributed by atoms with Crippen LogP contribution in [0, 0.1) is 0 Å². The molecular formula is C36H26N8O10S3. The summed E-state index contributed by atoms with van der Waals surface area (Å²) in [7, 11) is -14.3. The molecule has 0 aliphatic carbocycles. The van der Waals surface area contributed by atoms with Crippen LogP contribution in [0.1, 0.15) is 0 Å². The molecule has 0 atom stereocenters. The number of hydrogen-bond donors (Lipinski definition) is 6. The van der Waals surface area contributed by atoms with Crippen LogP contribution < -0.4 is 11.5 Å². The van der Waals surface area contributed by atoms with Gasteiger partial charge in [-0.1, -0.05) is 18.2 Å². The van der Waals surface area contributed by atoms with E-state index in [9.17, 15) is 44.0 Å². The molecule has 0 amide bonds. The number of anilines is 2. The predicted molar refractivity (Wildman–Crippen MR) is 211 cm³/mol. The number of aromatic hydroxyl groups is 1. The van der Waals surface area contributed by atoms with E-state index in [2.05, 4.69) is 30.7 Å². The monoisotopic (exact) mass is 826 g/mol. The molecule has 0 fully saturated rings. The first-order valence-corrected chi connectivity index (χ1v) is 20.4. The average Bonchev–Trinajstić information content (AvgIpc) is 3.15. The van der Waals surface area contributed by atoms with Crippen LogP contribution in [0.2, 0.25) is 0 Å². The highest BCUT2D eigenvalue weighted by Crippen LogP contribution is 2.44. The van der Waals surface area contributed by atoms with Gasteiger partial charge >= 0.3 is 0 Å². The van der Waals surface area contributed by atoms with Crippen molar-refractivity contribution in [2.24, 2.45) is 30.7 Å². The zero-order chi connectivity index (χ0) is 40.9. The topological polar surface area (TPSA) is 310 Å². The molecule has 0 unspecified atom stereocenters. The molecule has 0 radical (unpaired) electrons. The Morgan fingerprint density at radius 2 is 0.877 bits per heavy atom. The van der Waals surface area contributed by atoms with Gasteiger partial charge in [-0.05, 0) is 96.4 Å². The highest BCUT2D eigenvalue weighted by atomic mass is 32.2. The standard InChI is InChI=1S/C36H26N8O10S3/c37-20-3-5-22(6-4-20)39-40-32-13-11-30(25-9-7-23(17-28(25)32)55(46,47)48)41-42-33-14-12-31(26-10-8-24(18-29(26)33)56(49,50)51)43-44-35-34(57(52,53)54)15-19-1-2-21(38)16-27(19)36(35)45/h1-18,45H,37-38H2,(H,46,47,48)(H,49,50,51)(H,52,53,54). The Bertz CT molecular complexity index is 3250. The van der Waals surface area contributed by atoms with Gasteiger partial charge in [0.1, 0.15) is 10.6 Å². The van der Waals surface area contributed by atoms with Crippen molar-refractivity contribution in [3.8, 4) is 5.75 Å². The Hall–Kier alpha value is -6.75. The van der Waals surface area contributed by atoms with Gasteiger partial charge in [0, 0.05) is 38.3 Å². The van der Waals surface area contributed by atoms with E-state index in [-0.39, 0.29) is 55.4 Å². The van der Waals surface area contributed by atoms with Crippen LogP contribution in [0.4, 0.5) is 45.5 Å². The van der Waals surface area contributed by atoms with E-state index in [1.807, 2.05) is 0 Å². The molecule has 0 aliphatic rings. The molecule has 8 N–H and O–H groups in total. The number of fused-ring (bicyclic) bond motifs is 3. The maximum absolute atomic E-state index is 12.3. The highest BCUT2D eigenvalue weighted by Gasteiger charge is 2.23. The van der Waals surface area contributed by atoms with Gasteiger partial charge < -0.3 is 16.6 Å². The molecule has 0 saturated carbocycles. The summed E-state index contributed by atoms with van der Waals surface area (Å²) in [4.78, 5) is -1.69. The third kappa shape index (κ3) is 8.00. The van der Waals surface area contributed by atoms with Crippen LogP contribution in [-0.2, 0) is 30.4 Å².